The highest BCUT2D eigenvalue weighted by Gasteiger charge is 2.22. The maximum Gasteiger partial charge on any atom is 0.191 e. The average Bonchev–Trinajstić information content (AvgIpc) is 2.55. The van der Waals surface area contributed by atoms with Gasteiger partial charge in [0.05, 0.1) is 13.2 Å². The zero-order chi connectivity index (χ0) is 15.6. The van der Waals surface area contributed by atoms with Crippen LogP contribution in [0.1, 0.15) is 45.4 Å². The van der Waals surface area contributed by atoms with E-state index in [0.717, 1.165) is 43.8 Å². The molecule has 0 saturated heterocycles. The van der Waals surface area contributed by atoms with Gasteiger partial charge in [-0.25, -0.2) is 0 Å². The number of hydrogen-bond donors (Lipinski definition) is 2. The van der Waals surface area contributed by atoms with E-state index in [0.29, 0.717) is 6.04 Å². The van der Waals surface area contributed by atoms with E-state index < -0.39 is 0 Å². The van der Waals surface area contributed by atoms with E-state index in [4.69, 9.17) is 4.74 Å². The number of rotatable bonds is 6. The van der Waals surface area contributed by atoms with Gasteiger partial charge in [0.1, 0.15) is 0 Å². The van der Waals surface area contributed by atoms with Crippen LogP contribution in [0.3, 0.4) is 0 Å². The SMILES string of the molecule is CCSC1CCCC(NC(=NC)NCCC2=CCOCC2)C1. The van der Waals surface area contributed by atoms with Gasteiger partial charge in [-0.2, -0.15) is 11.8 Å². The third kappa shape index (κ3) is 6.21. The van der Waals surface area contributed by atoms with Crippen molar-refractivity contribution in [3.8, 4) is 0 Å². The summed E-state index contributed by atoms with van der Waals surface area (Å²) in [5, 5.41) is 7.90. The van der Waals surface area contributed by atoms with E-state index in [2.05, 4.69) is 40.4 Å². The molecule has 5 heteroatoms. The summed E-state index contributed by atoms with van der Waals surface area (Å²) in [5.41, 5.74) is 1.51. The van der Waals surface area contributed by atoms with E-state index in [1.54, 1.807) is 0 Å². The number of guanidine groups is 1. The first-order chi connectivity index (χ1) is 10.8. The summed E-state index contributed by atoms with van der Waals surface area (Å²) in [6, 6.07) is 0.575. The van der Waals surface area contributed by atoms with Crippen LogP contribution in [0.15, 0.2) is 16.6 Å². The fourth-order valence-electron chi connectivity index (χ4n) is 3.19. The third-order valence-electron chi connectivity index (χ3n) is 4.39. The molecule has 2 aliphatic rings. The Labute approximate surface area is 139 Å². The lowest BCUT2D eigenvalue weighted by Gasteiger charge is -2.30. The van der Waals surface area contributed by atoms with Crippen molar-refractivity contribution in [1.82, 2.24) is 10.6 Å². The second-order valence-electron chi connectivity index (χ2n) is 6.02. The van der Waals surface area contributed by atoms with Gasteiger partial charge in [0.25, 0.3) is 0 Å². The van der Waals surface area contributed by atoms with Crippen molar-refractivity contribution < 1.29 is 4.74 Å². The predicted molar refractivity (Wildman–Crippen MR) is 96.8 cm³/mol. The first kappa shape index (κ1) is 17.7. The van der Waals surface area contributed by atoms with Crippen LogP contribution in [0.5, 0.6) is 0 Å². The van der Waals surface area contributed by atoms with Crippen molar-refractivity contribution in [3.05, 3.63) is 11.6 Å². The van der Waals surface area contributed by atoms with Crippen LogP contribution in [-0.2, 0) is 4.74 Å². The molecular formula is C17H31N3OS. The number of nitrogens with one attached hydrogen (secondary N) is 2. The summed E-state index contributed by atoms with van der Waals surface area (Å²) in [4.78, 5) is 4.38. The molecule has 1 fully saturated rings. The fourth-order valence-corrected chi connectivity index (χ4v) is 4.36. The Bertz CT molecular complexity index is 382. The van der Waals surface area contributed by atoms with E-state index in [1.165, 1.54) is 37.0 Å². The molecule has 0 spiro atoms. The largest absolute Gasteiger partial charge is 0.377 e. The lowest BCUT2D eigenvalue weighted by Crippen LogP contribution is -2.46. The van der Waals surface area contributed by atoms with Crippen LogP contribution in [-0.4, -0.2) is 49.8 Å². The number of aliphatic imine (C=N–C) groups is 1. The minimum Gasteiger partial charge on any atom is -0.377 e. The summed E-state index contributed by atoms with van der Waals surface area (Å²) < 4.78 is 5.34. The summed E-state index contributed by atoms with van der Waals surface area (Å²) in [5.74, 6) is 2.18. The molecule has 1 aliphatic heterocycles. The maximum absolute atomic E-state index is 5.34. The lowest BCUT2D eigenvalue weighted by atomic mass is 9.95. The minimum atomic E-state index is 0.575. The molecule has 22 heavy (non-hydrogen) atoms. The Morgan fingerprint density at radius 3 is 3.09 bits per heavy atom. The average molecular weight is 326 g/mol. The maximum atomic E-state index is 5.34. The predicted octanol–water partition coefficient (Wildman–Crippen LogP) is 2.95. The van der Waals surface area contributed by atoms with Gasteiger partial charge < -0.3 is 15.4 Å². The zero-order valence-corrected chi connectivity index (χ0v) is 14.9. The molecule has 2 unspecified atom stereocenters. The highest BCUT2D eigenvalue weighted by molar-refractivity contribution is 7.99. The molecule has 0 radical (unpaired) electrons. The molecule has 1 heterocycles. The molecule has 0 bridgehead atoms. The van der Waals surface area contributed by atoms with Gasteiger partial charge >= 0.3 is 0 Å². The van der Waals surface area contributed by atoms with E-state index in [1.807, 2.05) is 7.05 Å². The summed E-state index contributed by atoms with van der Waals surface area (Å²) >= 11 is 2.11. The van der Waals surface area contributed by atoms with Gasteiger partial charge in [0.15, 0.2) is 5.96 Å². The first-order valence-corrected chi connectivity index (χ1v) is 9.71. The molecule has 126 valence electrons. The molecule has 4 nitrogen and oxygen atoms in total. The standard InChI is InChI=1S/C17H31N3OS/c1-3-22-16-6-4-5-15(13-16)20-17(18-2)19-10-7-14-8-11-21-12-9-14/h8,15-16H,3-7,9-13H2,1-2H3,(H2,18,19,20). The Balaban J connectivity index is 1.69. The molecular weight excluding hydrogens is 294 g/mol. The Morgan fingerprint density at radius 1 is 1.45 bits per heavy atom. The number of nitrogens with zero attached hydrogens (tertiary/aromatic N) is 1. The van der Waals surface area contributed by atoms with Crippen LogP contribution < -0.4 is 10.6 Å². The molecule has 2 rings (SSSR count). The summed E-state index contributed by atoms with van der Waals surface area (Å²) in [6.45, 7) is 4.86. The monoisotopic (exact) mass is 325 g/mol. The normalized spacial score (nSPS) is 26.5. The summed E-state index contributed by atoms with van der Waals surface area (Å²) in [6.07, 6.45) is 9.62. The van der Waals surface area contributed by atoms with E-state index >= 15 is 0 Å². The second-order valence-corrected chi connectivity index (χ2v) is 7.60. The van der Waals surface area contributed by atoms with Gasteiger partial charge in [-0.3, -0.25) is 4.99 Å². The second kappa shape index (κ2) is 10.2. The fraction of sp³-hybridized carbons (Fsp3) is 0.824. The topological polar surface area (TPSA) is 45.7 Å². The molecule has 2 N–H and O–H groups in total. The summed E-state index contributed by atoms with van der Waals surface area (Å²) in [7, 11) is 1.87. The third-order valence-corrected chi connectivity index (χ3v) is 5.62. The number of hydrogen-bond acceptors (Lipinski definition) is 3. The zero-order valence-electron chi connectivity index (χ0n) is 14.1. The van der Waals surface area contributed by atoms with E-state index in [-0.39, 0.29) is 0 Å². The van der Waals surface area contributed by atoms with Crippen molar-refractivity contribution in [2.75, 3.05) is 32.6 Å². The Hall–Kier alpha value is -0.680. The molecule has 2 atom stereocenters. The molecule has 0 amide bonds. The van der Waals surface area contributed by atoms with Gasteiger partial charge in [0, 0.05) is 24.9 Å². The molecule has 1 saturated carbocycles. The van der Waals surface area contributed by atoms with Gasteiger partial charge in [-0.15, -0.1) is 0 Å². The van der Waals surface area contributed by atoms with E-state index in [9.17, 15) is 0 Å². The highest BCUT2D eigenvalue weighted by atomic mass is 32.2. The van der Waals surface area contributed by atoms with Crippen LogP contribution in [0, 0.1) is 0 Å². The molecule has 0 aromatic carbocycles. The van der Waals surface area contributed by atoms with Gasteiger partial charge in [-0.1, -0.05) is 25.0 Å². The van der Waals surface area contributed by atoms with Crippen molar-refractivity contribution in [2.45, 2.75) is 56.7 Å². The van der Waals surface area contributed by atoms with Gasteiger partial charge in [-0.05, 0) is 37.9 Å². The van der Waals surface area contributed by atoms with Crippen molar-refractivity contribution in [3.63, 3.8) is 0 Å². The van der Waals surface area contributed by atoms with Crippen LogP contribution in [0.2, 0.25) is 0 Å². The van der Waals surface area contributed by atoms with Crippen LogP contribution in [0.25, 0.3) is 0 Å². The van der Waals surface area contributed by atoms with Crippen LogP contribution >= 0.6 is 11.8 Å². The lowest BCUT2D eigenvalue weighted by molar-refractivity contribution is 0.153. The number of ether oxygens (including phenoxy) is 1. The van der Waals surface area contributed by atoms with Gasteiger partial charge in [0.2, 0.25) is 0 Å². The van der Waals surface area contributed by atoms with Crippen LogP contribution in [0.4, 0.5) is 0 Å². The minimum absolute atomic E-state index is 0.575. The molecule has 0 aromatic heterocycles. The van der Waals surface area contributed by atoms with Crippen molar-refractivity contribution in [2.24, 2.45) is 4.99 Å². The Morgan fingerprint density at radius 2 is 2.36 bits per heavy atom. The Kier molecular flexibility index (Phi) is 8.16. The smallest absolute Gasteiger partial charge is 0.191 e. The molecule has 0 aromatic rings. The quantitative estimate of drug-likeness (QED) is 0.448. The van der Waals surface area contributed by atoms with Crippen molar-refractivity contribution >= 4 is 17.7 Å². The van der Waals surface area contributed by atoms with Crippen molar-refractivity contribution in [1.29, 1.82) is 0 Å². The highest BCUT2D eigenvalue weighted by Crippen LogP contribution is 2.28. The molecule has 1 aliphatic carbocycles. The first-order valence-electron chi connectivity index (χ1n) is 8.66. The number of thioether (sulfide) groups is 1.